The maximum atomic E-state index is 5.36. The van der Waals surface area contributed by atoms with Gasteiger partial charge in [-0.15, -0.1) is 0 Å². The van der Waals surface area contributed by atoms with Crippen molar-refractivity contribution in [2.75, 3.05) is 6.54 Å². The lowest BCUT2D eigenvalue weighted by atomic mass is 10.2. The summed E-state index contributed by atoms with van der Waals surface area (Å²) < 4.78 is 0. The predicted molar refractivity (Wildman–Crippen MR) is 37.3 cm³/mol. The Hall–Kier alpha value is -0.370. The second kappa shape index (κ2) is 4.78. The van der Waals surface area contributed by atoms with Crippen molar-refractivity contribution in [1.29, 1.82) is 0 Å². The van der Waals surface area contributed by atoms with E-state index in [1.54, 1.807) is 6.21 Å². The number of nitrogens with zero attached hydrogens (tertiary/aromatic N) is 1. The quantitative estimate of drug-likeness (QED) is 0.542. The zero-order chi connectivity index (χ0) is 6.41. The van der Waals surface area contributed by atoms with E-state index in [2.05, 4.69) is 11.9 Å². The van der Waals surface area contributed by atoms with Crippen molar-refractivity contribution in [3.8, 4) is 0 Å². The van der Waals surface area contributed by atoms with Crippen LogP contribution in [0.25, 0.3) is 0 Å². The molecule has 0 amide bonds. The maximum Gasteiger partial charge on any atom is 0.0615 e. The van der Waals surface area contributed by atoms with Gasteiger partial charge >= 0.3 is 0 Å². The Balaban J connectivity index is 3.36. The summed E-state index contributed by atoms with van der Waals surface area (Å²) in [5.74, 6) is 0. The van der Waals surface area contributed by atoms with E-state index in [1.807, 2.05) is 6.92 Å². The summed E-state index contributed by atoms with van der Waals surface area (Å²) in [4.78, 5) is 4.11. The van der Waals surface area contributed by atoms with Crippen LogP contribution in [-0.2, 0) is 0 Å². The number of rotatable bonds is 3. The highest BCUT2D eigenvalue weighted by Crippen LogP contribution is 1.91. The molecule has 0 saturated heterocycles. The molecule has 2 heteroatoms. The second-order valence-corrected chi connectivity index (χ2v) is 1.71. The second-order valence-electron chi connectivity index (χ2n) is 1.71. The first kappa shape index (κ1) is 7.63. The van der Waals surface area contributed by atoms with Gasteiger partial charge in [0, 0.05) is 6.54 Å². The molecule has 2 N–H and O–H groups in total. The van der Waals surface area contributed by atoms with Gasteiger partial charge < -0.3 is 5.73 Å². The van der Waals surface area contributed by atoms with Crippen molar-refractivity contribution in [2.45, 2.75) is 26.3 Å². The molecule has 0 rings (SSSR count). The molecule has 0 radical (unpaired) electrons. The van der Waals surface area contributed by atoms with Gasteiger partial charge in [0.05, 0.1) is 6.04 Å². The minimum absolute atomic E-state index is 0.347. The molecule has 1 unspecified atom stereocenters. The Bertz CT molecular complexity index is 64.9. The fraction of sp³-hybridized carbons (Fsp3) is 0.833. The van der Waals surface area contributed by atoms with Crippen molar-refractivity contribution >= 4 is 6.21 Å². The van der Waals surface area contributed by atoms with E-state index in [1.165, 1.54) is 0 Å². The summed E-state index contributed by atoms with van der Waals surface area (Å²) in [5.41, 5.74) is 5.36. The molecule has 48 valence electrons. The van der Waals surface area contributed by atoms with E-state index in [0.29, 0.717) is 12.6 Å². The molecule has 0 aliphatic rings. The molecule has 0 bridgehead atoms. The van der Waals surface area contributed by atoms with Gasteiger partial charge in [-0.2, -0.15) is 0 Å². The maximum absolute atomic E-state index is 5.36. The first-order valence-corrected chi connectivity index (χ1v) is 3.03. The van der Waals surface area contributed by atoms with Gasteiger partial charge in [0.25, 0.3) is 0 Å². The third-order valence-electron chi connectivity index (χ3n) is 1.10. The fourth-order valence-corrected chi connectivity index (χ4v) is 0.544. The van der Waals surface area contributed by atoms with Crippen LogP contribution in [0.1, 0.15) is 20.3 Å². The molecule has 0 aromatic rings. The van der Waals surface area contributed by atoms with Crippen LogP contribution >= 0.6 is 0 Å². The Labute approximate surface area is 50.8 Å². The highest BCUT2D eigenvalue weighted by atomic mass is 14.8. The number of hydrogen-bond acceptors (Lipinski definition) is 2. The monoisotopic (exact) mass is 114 g/mol. The molecule has 0 fully saturated rings. The van der Waals surface area contributed by atoms with Gasteiger partial charge in [-0.1, -0.05) is 6.92 Å². The van der Waals surface area contributed by atoms with E-state index in [9.17, 15) is 0 Å². The minimum atomic E-state index is 0.347. The van der Waals surface area contributed by atoms with Crippen molar-refractivity contribution < 1.29 is 0 Å². The summed E-state index contributed by atoms with van der Waals surface area (Å²) in [6.07, 6.45) is 2.85. The first-order valence-electron chi connectivity index (χ1n) is 3.03. The SMILES string of the molecule is C/C=N\C(CC)CN. The van der Waals surface area contributed by atoms with Crippen LogP contribution in [0.2, 0.25) is 0 Å². The standard InChI is InChI=1S/C6H14N2/c1-3-6(5-7)8-4-2/h4,6H,3,5,7H2,1-2H3/b8-4-. The molecule has 0 aliphatic heterocycles. The number of aliphatic imine (C=N–C) groups is 1. The highest BCUT2D eigenvalue weighted by molar-refractivity contribution is 5.53. The van der Waals surface area contributed by atoms with Crippen molar-refractivity contribution in [1.82, 2.24) is 0 Å². The van der Waals surface area contributed by atoms with Crippen molar-refractivity contribution in [3.05, 3.63) is 0 Å². The fourth-order valence-electron chi connectivity index (χ4n) is 0.544. The summed E-state index contributed by atoms with van der Waals surface area (Å²) in [7, 11) is 0. The smallest absolute Gasteiger partial charge is 0.0615 e. The Morgan fingerprint density at radius 3 is 2.50 bits per heavy atom. The molecule has 0 aromatic carbocycles. The summed E-state index contributed by atoms with van der Waals surface area (Å²) in [6, 6.07) is 0.347. The van der Waals surface area contributed by atoms with Crippen LogP contribution in [0.4, 0.5) is 0 Å². The molecular formula is C6H14N2. The number of nitrogens with two attached hydrogens (primary N) is 1. The van der Waals surface area contributed by atoms with Gasteiger partial charge in [-0.3, -0.25) is 4.99 Å². The van der Waals surface area contributed by atoms with Crippen LogP contribution in [0.15, 0.2) is 4.99 Å². The molecule has 0 aliphatic carbocycles. The van der Waals surface area contributed by atoms with Crippen LogP contribution in [0.5, 0.6) is 0 Å². The van der Waals surface area contributed by atoms with Gasteiger partial charge in [-0.05, 0) is 19.6 Å². The van der Waals surface area contributed by atoms with Crippen LogP contribution in [0.3, 0.4) is 0 Å². The van der Waals surface area contributed by atoms with Crippen LogP contribution in [-0.4, -0.2) is 18.8 Å². The number of hydrogen-bond donors (Lipinski definition) is 1. The van der Waals surface area contributed by atoms with E-state index >= 15 is 0 Å². The average Bonchev–Trinajstić information content (AvgIpc) is 1.83. The van der Waals surface area contributed by atoms with Gasteiger partial charge in [0.15, 0.2) is 0 Å². The molecule has 0 heterocycles. The van der Waals surface area contributed by atoms with Crippen molar-refractivity contribution in [3.63, 3.8) is 0 Å². The molecular weight excluding hydrogens is 100 g/mol. The zero-order valence-electron chi connectivity index (χ0n) is 5.59. The summed E-state index contributed by atoms with van der Waals surface area (Å²) in [5, 5.41) is 0. The van der Waals surface area contributed by atoms with Gasteiger partial charge in [0.1, 0.15) is 0 Å². The van der Waals surface area contributed by atoms with E-state index in [-0.39, 0.29) is 0 Å². The third kappa shape index (κ3) is 2.75. The Kier molecular flexibility index (Phi) is 4.56. The third-order valence-corrected chi connectivity index (χ3v) is 1.10. The van der Waals surface area contributed by atoms with Crippen LogP contribution < -0.4 is 5.73 Å². The highest BCUT2D eigenvalue weighted by Gasteiger charge is 1.94. The first-order chi connectivity index (χ1) is 3.85. The normalized spacial score (nSPS) is 14.9. The molecule has 1 atom stereocenters. The molecule has 0 saturated carbocycles. The summed E-state index contributed by atoms with van der Waals surface area (Å²) >= 11 is 0. The van der Waals surface area contributed by atoms with E-state index < -0.39 is 0 Å². The lowest BCUT2D eigenvalue weighted by Gasteiger charge is -2.02. The molecule has 8 heavy (non-hydrogen) atoms. The molecule has 0 aromatic heterocycles. The lowest BCUT2D eigenvalue weighted by molar-refractivity contribution is 0.665. The average molecular weight is 114 g/mol. The van der Waals surface area contributed by atoms with Crippen molar-refractivity contribution in [2.24, 2.45) is 10.7 Å². The largest absolute Gasteiger partial charge is 0.328 e. The topological polar surface area (TPSA) is 38.4 Å². The minimum Gasteiger partial charge on any atom is -0.328 e. The molecule has 2 nitrogen and oxygen atoms in total. The van der Waals surface area contributed by atoms with E-state index in [4.69, 9.17) is 5.73 Å². The van der Waals surface area contributed by atoms with E-state index in [0.717, 1.165) is 6.42 Å². The predicted octanol–water partition coefficient (Wildman–Crippen LogP) is 0.814. The van der Waals surface area contributed by atoms with Crippen LogP contribution in [0, 0.1) is 0 Å². The van der Waals surface area contributed by atoms with Gasteiger partial charge in [0.2, 0.25) is 0 Å². The Morgan fingerprint density at radius 1 is 1.75 bits per heavy atom. The molecule has 0 spiro atoms. The summed E-state index contributed by atoms with van der Waals surface area (Å²) in [6.45, 7) is 4.67. The van der Waals surface area contributed by atoms with Gasteiger partial charge in [-0.25, -0.2) is 0 Å². The Morgan fingerprint density at radius 2 is 2.38 bits per heavy atom. The zero-order valence-corrected chi connectivity index (χ0v) is 5.59. The lowest BCUT2D eigenvalue weighted by Crippen LogP contribution is -2.16.